The van der Waals surface area contributed by atoms with Gasteiger partial charge in [-0.25, -0.2) is 4.79 Å². The zero-order valence-electron chi connectivity index (χ0n) is 21.5. The van der Waals surface area contributed by atoms with Crippen LogP contribution >= 0.6 is 0 Å². The predicted molar refractivity (Wildman–Crippen MR) is 137 cm³/mol. The molecule has 0 saturated carbocycles. The predicted octanol–water partition coefficient (Wildman–Crippen LogP) is 3.52. The number of aryl methyl sites for hydroxylation is 1. The average Bonchev–Trinajstić information content (AvgIpc) is 3.10. The van der Waals surface area contributed by atoms with Gasteiger partial charge in [0.1, 0.15) is 5.54 Å². The molecule has 1 aromatic carbocycles. The van der Waals surface area contributed by atoms with Gasteiger partial charge >= 0.3 is 6.03 Å². The molecule has 2 fully saturated rings. The summed E-state index contributed by atoms with van der Waals surface area (Å²) >= 11 is 0. The Kier molecular flexibility index (Phi) is 7.95. The number of urea groups is 1. The van der Waals surface area contributed by atoms with Crippen molar-refractivity contribution in [2.45, 2.75) is 63.8 Å². The van der Waals surface area contributed by atoms with Crippen molar-refractivity contribution in [1.29, 1.82) is 0 Å². The number of allylic oxidation sites excluding steroid dienone is 1. The molecule has 0 bridgehead atoms. The van der Waals surface area contributed by atoms with Gasteiger partial charge in [0.15, 0.2) is 0 Å². The Hall–Kier alpha value is -2.67. The maximum Gasteiger partial charge on any atom is 0.325 e. The van der Waals surface area contributed by atoms with Crippen molar-refractivity contribution in [3.05, 3.63) is 47.0 Å². The van der Waals surface area contributed by atoms with Gasteiger partial charge in [0.05, 0.1) is 0 Å². The lowest BCUT2D eigenvalue weighted by atomic mass is 9.73. The molecular formula is C28H40N4O3. The van der Waals surface area contributed by atoms with Crippen molar-refractivity contribution in [2.24, 2.45) is 5.92 Å². The highest BCUT2D eigenvalue weighted by atomic mass is 16.2. The molecule has 1 atom stereocenters. The smallest absolute Gasteiger partial charge is 0.325 e. The molecule has 1 aliphatic carbocycles. The Morgan fingerprint density at radius 3 is 2.54 bits per heavy atom. The Labute approximate surface area is 209 Å². The van der Waals surface area contributed by atoms with Gasteiger partial charge in [-0.05, 0) is 89.6 Å². The molecule has 7 nitrogen and oxygen atoms in total. The lowest BCUT2D eigenvalue weighted by Gasteiger charge is -2.41. The summed E-state index contributed by atoms with van der Waals surface area (Å²) < 4.78 is 0. The van der Waals surface area contributed by atoms with E-state index in [1.807, 2.05) is 31.1 Å². The van der Waals surface area contributed by atoms with Gasteiger partial charge in [0.2, 0.25) is 5.91 Å². The standard InChI is InChI=1S/C28H40N4O3/c1-21-10-7-8-13-23(21)20-28(26(34)32(27(35)29-28)17-9-16-30(2)3)24-14-18-31(19-15-24)25(33)22-11-5-4-6-12-22/h7-8,10-11,13,24H,4-6,9,12,14-20H2,1-3H3,(H,29,35). The third-order valence-electron chi connectivity index (χ3n) is 7.96. The monoisotopic (exact) mass is 480 g/mol. The second-order valence-electron chi connectivity index (χ2n) is 10.7. The van der Waals surface area contributed by atoms with Gasteiger partial charge in [0.25, 0.3) is 5.91 Å². The van der Waals surface area contributed by atoms with E-state index in [2.05, 4.69) is 35.3 Å². The van der Waals surface area contributed by atoms with E-state index in [0.717, 1.165) is 55.3 Å². The molecule has 0 spiro atoms. The number of amides is 4. The summed E-state index contributed by atoms with van der Waals surface area (Å²) in [5, 5.41) is 3.17. The molecule has 4 rings (SSSR count). The fourth-order valence-electron chi connectivity index (χ4n) is 5.85. The van der Waals surface area contributed by atoms with Crippen LogP contribution in [0.3, 0.4) is 0 Å². The summed E-state index contributed by atoms with van der Waals surface area (Å²) in [6.07, 6.45) is 8.85. The first-order valence-electron chi connectivity index (χ1n) is 13.1. The van der Waals surface area contributed by atoms with Crippen LogP contribution in [0.25, 0.3) is 0 Å². The van der Waals surface area contributed by atoms with Crippen LogP contribution in [0.2, 0.25) is 0 Å². The number of carbonyl (C=O) groups excluding carboxylic acids is 3. The van der Waals surface area contributed by atoms with E-state index >= 15 is 0 Å². The highest BCUT2D eigenvalue weighted by Gasteiger charge is 2.56. The molecule has 190 valence electrons. The molecule has 3 aliphatic rings. The summed E-state index contributed by atoms with van der Waals surface area (Å²) in [5.41, 5.74) is 2.20. The average molecular weight is 481 g/mol. The van der Waals surface area contributed by atoms with E-state index in [9.17, 15) is 14.4 Å². The molecule has 1 N–H and O–H groups in total. The van der Waals surface area contributed by atoms with Crippen LogP contribution < -0.4 is 5.32 Å². The second-order valence-corrected chi connectivity index (χ2v) is 10.7. The topological polar surface area (TPSA) is 73.0 Å². The fraction of sp³-hybridized carbons (Fsp3) is 0.607. The summed E-state index contributed by atoms with van der Waals surface area (Å²) in [5.74, 6) is 0.0364. The minimum Gasteiger partial charge on any atom is -0.339 e. The number of hydrogen-bond acceptors (Lipinski definition) is 4. The van der Waals surface area contributed by atoms with Crippen LogP contribution in [-0.2, 0) is 16.0 Å². The van der Waals surface area contributed by atoms with E-state index < -0.39 is 5.54 Å². The van der Waals surface area contributed by atoms with E-state index in [-0.39, 0.29) is 23.8 Å². The fourth-order valence-corrected chi connectivity index (χ4v) is 5.85. The van der Waals surface area contributed by atoms with Crippen molar-refractivity contribution < 1.29 is 14.4 Å². The first-order valence-corrected chi connectivity index (χ1v) is 13.1. The summed E-state index contributed by atoms with van der Waals surface area (Å²) in [4.78, 5) is 45.5. The highest BCUT2D eigenvalue weighted by Crippen LogP contribution is 2.37. The molecule has 0 radical (unpaired) electrons. The lowest BCUT2D eigenvalue weighted by molar-refractivity contribution is -0.135. The minimum absolute atomic E-state index is 0.0122. The zero-order chi connectivity index (χ0) is 25.0. The van der Waals surface area contributed by atoms with Gasteiger partial charge in [0, 0.05) is 31.6 Å². The Balaban J connectivity index is 1.53. The number of imide groups is 1. The van der Waals surface area contributed by atoms with Crippen molar-refractivity contribution in [3.63, 3.8) is 0 Å². The highest BCUT2D eigenvalue weighted by molar-refractivity contribution is 6.07. The number of hydrogen-bond donors (Lipinski definition) is 1. The summed E-state index contributed by atoms with van der Waals surface area (Å²) in [6.45, 7) is 4.54. The number of piperidine rings is 1. The quantitative estimate of drug-likeness (QED) is 0.578. The maximum atomic E-state index is 13.9. The normalized spacial score (nSPS) is 23.6. The number of rotatable bonds is 8. The van der Waals surface area contributed by atoms with Crippen molar-refractivity contribution in [1.82, 2.24) is 20.0 Å². The first-order chi connectivity index (χ1) is 16.8. The third kappa shape index (κ3) is 5.45. The van der Waals surface area contributed by atoms with Crippen molar-refractivity contribution in [2.75, 3.05) is 40.3 Å². The summed E-state index contributed by atoms with van der Waals surface area (Å²) in [6, 6.07) is 7.81. The third-order valence-corrected chi connectivity index (χ3v) is 7.96. The van der Waals surface area contributed by atoms with Gasteiger partial charge < -0.3 is 15.1 Å². The van der Waals surface area contributed by atoms with Gasteiger partial charge in [-0.15, -0.1) is 0 Å². The van der Waals surface area contributed by atoms with Crippen LogP contribution in [0.1, 0.15) is 56.1 Å². The zero-order valence-corrected chi connectivity index (χ0v) is 21.5. The Morgan fingerprint density at radius 1 is 1.14 bits per heavy atom. The van der Waals surface area contributed by atoms with Gasteiger partial charge in [-0.3, -0.25) is 14.5 Å². The molecule has 0 aromatic heterocycles. The number of carbonyl (C=O) groups is 3. The molecule has 35 heavy (non-hydrogen) atoms. The van der Waals surface area contributed by atoms with Gasteiger partial charge in [-0.1, -0.05) is 30.3 Å². The molecule has 2 heterocycles. The van der Waals surface area contributed by atoms with Gasteiger partial charge in [-0.2, -0.15) is 0 Å². The van der Waals surface area contributed by atoms with Crippen molar-refractivity contribution >= 4 is 17.8 Å². The van der Waals surface area contributed by atoms with Crippen LogP contribution in [0.5, 0.6) is 0 Å². The maximum absolute atomic E-state index is 13.9. The molecule has 2 aliphatic heterocycles. The first kappa shape index (κ1) is 25.4. The molecule has 4 amide bonds. The summed E-state index contributed by atoms with van der Waals surface area (Å²) in [7, 11) is 3.99. The van der Waals surface area contributed by atoms with E-state index in [1.165, 1.54) is 4.90 Å². The molecule has 1 unspecified atom stereocenters. The Bertz CT molecular complexity index is 980. The van der Waals surface area contributed by atoms with E-state index in [4.69, 9.17) is 0 Å². The van der Waals surface area contributed by atoms with Crippen LogP contribution in [0.15, 0.2) is 35.9 Å². The van der Waals surface area contributed by atoms with Crippen LogP contribution in [0.4, 0.5) is 4.79 Å². The minimum atomic E-state index is -0.958. The number of benzene rings is 1. The second kappa shape index (κ2) is 10.9. The van der Waals surface area contributed by atoms with E-state index in [0.29, 0.717) is 38.9 Å². The van der Waals surface area contributed by atoms with E-state index in [1.54, 1.807) is 0 Å². The molecule has 7 heteroatoms. The SMILES string of the molecule is Cc1ccccc1CC1(C2CCN(C(=O)C3=CCCCC3)CC2)NC(=O)N(CCCN(C)C)C1=O. The number of likely N-dealkylation sites (tertiary alicyclic amines) is 1. The molecule has 2 saturated heterocycles. The Morgan fingerprint density at radius 2 is 1.89 bits per heavy atom. The largest absolute Gasteiger partial charge is 0.339 e. The lowest BCUT2D eigenvalue weighted by Crippen LogP contribution is -2.58. The van der Waals surface area contributed by atoms with Crippen LogP contribution in [-0.4, -0.2) is 78.4 Å². The number of nitrogens with one attached hydrogen (secondary N) is 1. The van der Waals surface area contributed by atoms with Crippen molar-refractivity contribution in [3.8, 4) is 0 Å². The van der Waals surface area contributed by atoms with Crippen LogP contribution in [0, 0.1) is 12.8 Å². The molecular weight excluding hydrogens is 440 g/mol. The number of nitrogens with zero attached hydrogens (tertiary/aromatic N) is 3. The molecule has 1 aromatic rings.